The summed E-state index contributed by atoms with van der Waals surface area (Å²) in [6.07, 6.45) is -5.27. The van der Waals surface area contributed by atoms with Crippen LogP contribution in [0, 0.1) is 0 Å². The van der Waals surface area contributed by atoms with E-state index in [1.54, 1.807) is 12.1 Å². The maximum Gasteiger partial charge on any atom is 0.389 e. The van der Waals surface area contributed by atoms with E-state index in [-0.39, 0.29) is 6.42 Å². The second kappa shape index (κ2) is 5.58. The van der Waals surface area contributed by atoms with E-state index in [2.05, 4.69) is 15.9 Å². The van der Waals surface area contributed by atoms with Crippen LogP contribution in [0.25, 0.3) is 0 Å². The van der Waals surface area contributed by atoms with Crippen molar-refractivity contribution in [2.75, 3.05) is 13.2 Å². The summed E-state index contributed by atoms with van der Waals surface area (Å²) in [4.78, 5) is 0. The highest BCUT2D eigenvalue weighted by Gasteiger charge is 2.28. The monoisotopic (exact) mass is 339 g/mol. The molecule has 1 aromatic carbocycles. The van der Waals surface area contributed by atoms with Crippen LogP contribution in [-0.2, 0) is 0 Å². The van der Waals surface area contributed by atoms with Crippen LogP contribution in [0.5, 0.6) is 11.5 Å². The highest BCUT2D eigenvalue weighted by Crippen LogP contribution is 2.38. The van der Waals surface area contributed by atoms with Crippen molar-refractivity contribution >= 4 is 15.9 Å². The van der Waals surface area contributed by atoms with Crippen molar-refractivity contribution in [1.29, 1.82) is 0 Å². The summed E-state index contributed by atoms with van der Waals surface area (Å²) < 4.78 is 48.0. The summed E-state index contributed by atoms with van der Waals surface area (Å²) in [7, 11) is 0. The number of rotatable bonds is 3. The van der Waals surface area contributed by atoms with Crippen LogP contribution in [0.3, 0.4) is 0 Å². The Morgan fingerprint density at radius 3 is 2.37 bits per heavy atom. The first kappa shape index (κ1) is 14.5. The first-order valence-corrected chi connectivity index (χ1v) is 6.57. The van der Waals surface area contributed by atoms with E-state index in [0.717, 1.165) is 0 Å². The Bertz CT molecular complexity index is 465. The average molecular weight is 340 g/mol. The third-order valence-electron chi connectivity index (χ3n) is 2.80. The van der Waals surface area contributed by atoms with Gasteiger partial charge in [-0.25, -0.2) is 0 Å². The minimum absolute atomic E-state index is 0.165. The van der Waals surface area contributed by atoms with Crippen molar-refractivity contribution in [2.24, 2.45) is 5.73 Å². The number of fused-ring (bicyclic) bond motifs is 1. The molecule has 1 unspecified atom stereocenters. The Balaban J connectivity index is 2.15. The molecule has 0 amide bonds. The van der Waals surface area contributed by atoms with Crippen LogP contribution in [0.2, 0.25) is 0 Å². The fourth-order valence-electron chi connectivity index (χ4n) is 1.84. The highest BCUT2D eigenvalue weighted by atomic mass is 79.9. The molecule has 1 aromatic rings. The van der Waals surface area contributed by atoms with Crippen LogP contribution >= 0.6 is 15.9 Å². The third-order valence-corrected chi connectivity index (χ3v) is 3.49. The van der Waals surface area contributed by atoms with E-state index >= 15 is 0 Å². The molecule has 0 bridgehead atoms. The number of halogens is 4. The predicted molar refractivity (Wildman–Crippen MR) is 67.3 cm³/mol. The fourth-order valence-corrected chi connectivity index (χ4v) is 2.45. The van der Waals surface area contributed by atoms with Gasteiger partial charge in [0, 0.05) is 16.9 Å². The zero-order chi connectivity index (χ0) is 14.0. The molecule has 0 fully saturated rings. The summed E-state index contributed by atoms with van der Waals surface area (Å²) in [5, 5.41) is 0. The van der Waals surface area contributed by atoms with Crippen molar-refractivity contribution in [3.05, 3.63) is 22.2 Å². The molecule has 0 saturated heterocycles. The van der Waals surface area contributed by atoms with Gasteiger partial charge in [0.15, 0.2) is 11.5 Å². The molecule has 0 radical (unpaired) electrons. The third kappa shape index (κ3) is 3.76. The normalized spacial score (nSPS) is 16.3. The number of hydrogen-bond donors (Lipinski definition) is 1. The van der Waals surface area contributed by atoms with E-state index < -0.39 is 18.6 Å². The molecular formula is C12H13BrF3NO2. The first-order valence-electron chi connectivity index (χ1n) is 5.78. The molecule has 0 aliphatic carbocycles. The predicted octanol–water partition coefficient (Wildman–Crippen LogP) is 3.56. The maximum atomic E-state index is 12.2. The van der Waals surface area contributed by atoms with Gasteiger partial charge in [0.2, 0.25) is 0 Å². The van der Waals surface area contributed by atoms with Crippen LogP contribution in [-0.4, -0.2) is 19.4 Å². The van der Waals surface area contributed by atoms with Crippen molar-refractivity contribution < 1.29 is 22.6 Å². The molecule has 1 aliphatic heterocycles. The summed E-state index contributed by atoms with van der Waals surface area (Å²) in [5.74, 6) is 1.09. The number of hydrogen-bond acceptors (Lipinski definition) is 3. The summed E-state index contributed by atoms with van der Waals surface area (Å²) >= 11 is 3.30. The van der Waals surface area contributed by atoms with Gasteiger partial charge >= 0.3 is 6.18 Å². The number of benzene rings is 1. The number of alkyl halides is 3. The van der Waals surface area contributed by atoms with Gasteiger partial charge in [-0.15, -0.1) is 0 Å². The van der Waals surface area contributed by atoms with Crippen molar-refractivity contribution in [3.63, 3.8) is 0 Å². The van der Waals surface area contributed by atoms with Crippen LogP contribution < -0.4 is 15.2 Å². The maximum absolute atomic E-state index is 12.2. The summed E-state index contributed by atoms with van der Waals surface area (Å²) in [5.41, 5.74) is 6.40. The van der Waals surface area contributed by atoms with E-state index in [9.17, 15) is 13.2 Å². The molecule has 1 atom stereocenters. The van der Waals surface area contributed by atoms with E-state index in [1.165, 1.54) is 0 Å². The Morgan fingerprint density at radius 2 is 1.79 bits per heavy atom. The van der Waals surface area contributed by atoms with Gasteiger partial charge in [-0.2, -0.15) is 13.2 Å². The molecule has 2 N–H and O–H groups in total. The molecule has 0 saturated carbocycles. The second-order valence-corrected chi connectivity index (χ2v) is 5.13. The Kier molecular flexibility index (Phi) is 4.25. The molecular weight excluding hydrogens is 327 g/mol. The van der Waals surface area contributed by atoms with Gasteiger partial charge in [-0.3, -0.25) is 0 Å². The highest BCUT2D eigenvalue weighted by molar-refractivity contribution is 9.10. The Hall–Kier alpha value is -0.950. The summed E-state index contributed by atoms with van der Waals surface area (Å²) in [6, 6.07) is 2.61. The number of nitrogens with two attached hydrogens (primary N) is 1. The fraction of sp³-hybridized carbons (Fsp3) is 0.500. The zero-order valence-corrected chi connectivity index (χ0v) is 11.6. The molecule has 0 aromatic heterocycles. The molecule has 0 spiro atoms. The van der Waals surface area contributed by atoms with Gasteiger partial charge < -0.3 is 15.2 Å². The smallest absolute Gasteiger partial charge is 0.389 e. The lowest BCUT2D eigenvalue weighted by molar-refractivity contribution is -0.136. The molecule has 2 rings (SSSR count). The van der Waals surface area contributed by atoms with Gasteiger partial charge in [0.25, 0.3) is 0 Å². The van der Waals surface area contributed by atoms with Crippen molar-refractivity contribution in [1.82, 2.24) is 0 Å². The topological polar surface area (TPSA) is 44.5 Å². The summed E-state index contributed by atoms with van der Waals surface area (Å²) in [6.45, 7) is 0.880. The average Bonchev–Trinajstić information content (AvgIpc) is 2.34. The lowest BCUT2D eigenvalue weighted by atomic mass is 10.0. The van der Waals surface area contributed by atoms with Gasteiger partial charge in [0.05, 0.1) is 0 Å². The van der Waals surface area contributed by atoms with Crippen LogP contribution in [0.15, 0.2) is 16.6 Å². The zero-order valence-electron chi connectivity index (χ0n) is 9.97. The van der Waals surface area contributed by atoms with Gasteiger partial charge in [0.1, 0.15) is 13.2 Å². The van der Waals surface area contributed by atoms with Crippen molar-refractivity contribution in [2.45, 2.75) is 25.1 Å². The minimum atomic E-state index is -4.20. The van der Waals surface area contributed by atoms with E-state index in [1.807, 2.05) is 0 Å². The van der Waals surface area contributed by atoms with E-state index in [0.29, 0.717) is 34.7 Å². The Morgan fingerprint density at radius 1 is 1.21 bits per heavy atom. The standard InChI is InChI=1S/C12H13BrF3NO2/c13-8-6-11-10(18-3-4-19-11)5-7(8)9(17)1-2-12(14,15)16/h5-6,9H,1-4,17H2. The van der Waals surface area contributed by atoms with Crippen LogP contribution in [0.4, 0.5) is 13.2 Å². The van der Waals surface area contributed by atoms with Gasteiger partial charge in [-0.05, 0) is 24.1 Å². The first-order chi connectivity index (χ1) is 8.87. The van der Waals surface area contributed by atoms with E-state index in [4.69, 9.17) is 15.2 Å². The lowest BCUT2D eigenvalue weighted by Crippen LogP contribution is -2.18. The molecule has 106 valence electrons. The largest absolute Gasteiger partial charge is 0.486 e. The minimum Gasteiger partial charge on any atom is -0.486 e. The molecule has 3 nitrogen and oxygen atoms in total. The molecule has 1 aliphatic rings. The molecule has 19 heavy (non-hydrogen) atoms. The van der Waals surface area contributed by atoms with Crippen molar-refractivity contribution in [3.8, 4) is 11.5 Å². The SMILES string of the molecule is NC(CCC(F)(F)F)c1cc2c(cc1Br)OCCO2. The second-order valence-electron chi connectivity index (χ2n) is 4.28. The molecule has 7 heteroatoms. The quantitative estimate of drug-likeness (QED) is 0.915. The lowest BCUT2D eigenvalue weighted by Gasteiger charge is -2.22. The number of ether oxygens (including phenoxy) is 2. The Labute approximate surface area is 117 Å². The van der Waals surface area contributed by atoms with Crippen LogP contribution in [0.1, 0.15) is 24.4 Å². The molecule has 1 heterocycles. The van der Waals surface area contributed by atoms with Gasteiger partial charge in [-0.1, -0.05) is 15.9 Å².